The number of urea groups is 1. The summed E-state index contributed by atoms with van der Waals surface area (Å²) < 4.78 is 1.56. The lowest BCUT2D eigenvalue weighted by molar-refractivity contribution is 0.160. The number of carbonyl (C=O) groups excluding carboxylic acids is 1. The Morgan fingerprint density at radius 2 is 1.91 bits per heavy atom. The van der Waals surface area contributed by atoms with E-state index in [-0.39, 0.29) is 11.6 Å². The number of aryl methyl sites for hydroxylation is 1. The minimum atomic E-state index is -0.0444. The fraction of sp³-hybridized carbons (Fsp3) is 0.706. The van der Waals surface area contributed by atoms with E-state index in [0.717, 1.165) is 44.5 Å². The maximum absolute atomic E-state index is 12.3. The molecule has 0 bridgehead atoms. The minimum absolute atomic E-state index is 0.0444. The summed E-state index contributed by atoms with van der Waals surface area (Å²) in [5.41, 5.74) is 0.815. The van der Waals surface area contributed by atoms with Gasteiger partial charge in [-0.1, -0.05) is 12.8 Å². The summed E-state index contributed by atoms with van der Waals surface area (Å²) in [5, 5.41) is 7.45. The monoisotopic (exact) mass is 318 g/mol. The molecule has 1 saturated carbocycles. The molecule has 1 aliphatic heterocycles. The summed E-state index contributed by atoms with van der Waals surface area (Å²) in [6.45, 7) is 4.08. The third-order valence-electron chi connectivity index (χ3n) is 5.02. The molecule has 126 valence electrons. The molecule has 0 radical (unpaired) electrons. The molecule has 0 unspecified atom stereocenters. The smallest absolute Gasteiger partial charge is 0.317 e. The van der Waals surface area contributed by atoms with Gasteiger partial charge in [-0.15, -0.1) is 0 Å². The molecule has 1 aromatic rings. The molecular weight excluding hydrogens is 292 g/mol. The molecule has 3 rings (SSSR count). The fourth-order valence-electron chi connectivity index (χ4n) is 3.58. The van der Waals surface area contributed by atoms with Gasteiger partial charge in [0.25, 0.3) is 5.56 Å². The zero-order valence-electron chi connectivity index (χ0n) is 13.8. The normalized spacial score (nSPS) is 20.0. The highest BCUT2D eigenvalue weighted by atomic mass is 16.2. The van der Waals surface area contributed by atoms with Crippen molar-refractivity contribution in [2.45, 2.75) is 58.0 Å². The van der Waals surface area contributed by atoms with Crippen LogP contribution in [0.1, 0.15) is 44.2 Å². The number of amides is 2. The molecule has 1 aliphatic carbocycles. The molecule has 0 atom stereocenters. The van der Waals surface area contributed by atoms with Gasteiger partial charge in [0.05, 0.1) is 5.69 Å². The number of likely N-dealkylation sites (tertiary alicyclic amines) is 1. The topological polar surface area (TPSA) is 67.2 Å². The Kier molecular flexibility index (Phi) is 4.98. The first-order chi connectivity index (χ1) is 11.1. The van der Waals surface area contributed by atoms with Crippen molar-refractivity contribution >= 4 is 6.03 Å². The molecule has 6 nitrogen and oxygen atoms in total. The van der Waals surface area contributed by atoms with E-state index >= 15 is 0 Å². The van der Waals surface area contributed by atoms with E-state index in [9.17, 15) is 9.59 Å². The molecule has 0 aromatic carbocycles. The Balaban J connectivity index is 1.49. The average molecular weight is 318 g/mol. The summed E-state index contributed by atoms with van der Waals surface area (Å²) in [7, 11) is 0. The summed E-state index contributed by atoms with van der Waals surface area (Å²) in [6, 6.07) is 3.78. The van der Waals surface area contributed by atoms with Crippen molar-refractivity contribution in [3.8, 4) is 0 Å². The van der Waals surface area contributed by atoms with Crippen LogP contribution >= 0.6 is 0 Å². The predicted octanol–water partition coefficient (Wildman–Crippen LogP) is 1.92. The molecule has 2 aliphatic rings. The second-order valence-electron chi connectivity index (χ2n) is 6.86. The number of hydrogen-bond donors (Lipinski definition) is 1. The van der Waals surface area contributed by atoms with Crippen molar-refractivity contribution in [1.29, 1.82) is 0 Å². The van der Waals surface area contributed by atoms with Crippen molar-refractivity contribution in [2.75, 3.05) is 13.1 Å². The van der Waals surface area contributed by atoms with Crippen molar-refractivity contribution in [3.63, 3.8) is 0 Å². The Labute approximate surface area is 136 Å². The van der Waals surface area contributed by atoms with Crippen LogP contribution < -0.4 is 10.9 Å². The molecule has 6 heteroatoms. The van der Waals surface area contributed by atoms with E-state index in [1.54, 1.807) is 16.8 Å². The molecule has 2 heterocycles. The zero-order chi connectivity index (χ0) is 16.2. The number of hydrogen-bond acceptors (Lipinski definition) is 3. The zero-order valence-corrected chi connectivity index (χ0v) is 13.8. The van der Waals surface area contributed by atoms with Crippen LogP contribution in [-0.2, 0) is 6.54 Å². The third kappa shape index (κ3) is 4.12. The van der Waals surface area contributed by atoms with E-state index in [1.807, 2.05) is 11.8 Å². The summed E-state index contributed by atoms with van der Waals surface area (Å²) in [4.78, 5) is 26.0. The highest BCUT2D eigenvalue weighted by molar-refractivity contribution is 5.74. The van der Waals surface area contributed by atoms with Crippen molar-refractivity contribution in [2.24, 2.45) is 5.92 Å². The van der Waals surface area contributed by atoms with E-state index in [0.29, 0.717) is 18.5 Å². The van der Waals surface area contributed by atoms with Gasteiger partial charge in [0.15, 0.2) is 0 Å². The molecule has 2 amide bonds. The third-order valence-corrected chi connectivity index (χ3v) is 5.02. The molecule has 23 heavy (non-hydrogen) atoms. The van der Waals surface area contributed by atoms with Crippen LogP contribution in [0.25, 0.3) is 0 Å². The number of carbonyl (C=O) groups is 1. The van der Waals surface area contributed by atoms with Crippen LogP contribution in [0, 0.1) is 12.8 Å². The first kappa shape index (κ1) is 16.0. The van der Waals surface area contributed by atoms with Crippen LogP contribution in [0.3, 0.4) is 0 Å². The number of rotatable bonds is 3. The van der Waals surface area contributed by atoms with E-state index in [1.165, 1.54) is 12.8 Å². The van der Waals surface area contributed by atoms with Crippen LogP contribution in [0.5, 0.6) is 0 Å². The molecule has 2 fully saturated rings. The van der Waals surface area contributed by atoms with Crippen LogP contribution in [0.15, 0.2) is 16.9 Å². The second-order valence-corrected chi connectivity index (χ2v) is 6.86. The number of nitrogens with zero attached hydrogens (tertiary/aromatic N) is 3. The average Bonchev–Trinajstić information content (AvgIpc) is 3.04. The lowest BCUT2D eigenvalue weighted by Crippen LogP contribution is -2.47. The standard InChI is InChI=1S/C17H26N4O2/c1-13-6-7-16(22)21(19-13)12-14-8-10-20(11-9-14)17(23)18-15-4-2-3-5-15/h6-7,14-15H,2-5,8-12H2,1H3,(H,18,23). The van der Waals surface area contributed by atoms with Gasteiger partial charge in [-0.05, 0) is 44.6 Å². The van der Waals surface area contributed by atoms with Crippen LogP contribution in [0.4, 0.5) is 4.79 Å². The molecule has 1 aromatic heterocycles. The van der Waals surface area contributed by atoms with Gasteiger partial charge in [0.1, 0.15) is 0 Å². The van der Waals surface area contributed by atoms with Gasteiger partial charge in [0.2, 0.25) is 0 Å². The molecular formula is C17H26N4O2. The molecule has 1 N–H and O–H groups in total. The minimum Gasteiger partial charge on any atom is -0.335 e. The lowest BCUT2D eigenvalue weighted by Gasteiger charge is -2.32. The maximum Gasteiger partial charge on any atom is 0.317 e. The first-order valence-electron chi connectivity index (χ1n) is 8.72. The van der Waals surface area contributed by atoms with Crippen molar-refractivity contribution in [1.82, 2.24) is 20.0 Å². The lowest BCUT2D eigenvalue weighted by atomic mass is 9.97. The van der Waals surface area contributed by atoms with Gasteiger partial charge < -0.3 is 10.2 Å². The predicted molar refractivity (Wildman–Crippen MR) is 88.3 cm³/mol. The van der Waals surface area contributed by atoms with Gasteiger partial charge in [-0.25, -0.2) is 9.48 Å². The first-order valence-corrected chi connectivity index (χ1v) is 8.72. The van der Waals surface area contributed by atoms with E-state index in [4.69, 9.17) is 0 Å². The Bertz CT molecular complexity index is 599. The summed E-state index contributed by atoms with van der Waals surface area (Å²) in [6.07, 6.45) is 6.55. The number of aromatic nitrogens is 2. The second kappa shape index (κ2) is 7.15. The maximum atomic E-state index is 12.3. The van der Waals surface area contributed by atoms with Crippen molar-refractivity contribution < 1.29 is 4.79 Å². The number of piperidine rings is 1. The highest BCUT2D eigenvalue weighted by Crippen LogP contribution is 2.21. The summed E-state index contributed by atoms with van der Waals surface area (Å²) in [5.74, 6) is 0.414. The van der Waals surface area contributed by atoms with Crippen LogP contribution in [-0.4, -0.2) is 39.8 Å². The molecule has 0 spiro atoms. The van der Waals surface area contributed by atoms with Gasteiger partial charge in [-0.3, -0.25) is 4.79 Å². The Hall–Kier alpha value is -1.85. The SMILES string of the molecule is Cc1ccc(=O)n(CC2CCN(C(=O)NC3CCCC3)CC2)n1. The van der Waals surface area contributed by atoms with Gasteiger partial charge in [-0.2, -0.15) is 5.10 Å². The van der Waals surface area contributed by atoms with Crippen molar-refractivity contribution in [3.05, 3.63) is 28.2 Å². The number of nitrogens with one attached hydrogen (secondary N) is 1. The van der Waals surface area contributed by atoms with Crippen LogP contribution in [0.2, 0.25) is 0 Å². The van der Waals surface area contributed by atoms with Gasteiger partial charge in [0, 0.05) is 31.7 Å². The van der Waals surface area contributed by atoms with Gasteiger partial charge >= 0.3 is 6.03 Å². The Morgan fingerprint density at radius 3 is 2.61 bits per heavy atom. The van der Waals surface area contributed by atoms with E-state index in [2.05, 4.69) is 10.4 Å². The molecule has 1 saturated heterocycles. The largest absolute Gasteiger partial charge is 0.335 e. The fourth-order valence-corrected chi connectivity index (χ4v) is 3.58. The quantitative estimate of drug-likeness (QED) is 0.926. The highest BCUT2D eigenvalue weighted by Gasteiger charge is 2.25. The van der Waals surface area contributed by atoms with E-state index < -0.39 is 0 Å². The Morgan fingerprint density at radius 1 is 1.22 bits per heavy atom. The summed E-state index contributed by atoms with van der Waals surface area (Å²) >= 11 is 0.